The van der Waals surface area contributed by atoms with Crippen molar-refractivity contribution in [1.82, 2.24) is 20.0 Å². The Morgan fingerprint density at radius 3 is 2.50 bits per heavy atom. The van der Waals surface area contributed by atoms with Gasteiger partial charge in [-0.1, -0.05) is 11.6 Å². The Labute approximate surface area is 170 Å². The monoisotopic (exact) mass is 403 g/mol. The van der Waals surface area contributed by atoms with Crippen molar-refractivity contribution in [3.8, 4) is 0 Å². The van der Waals surface area contributed by atoms with Crippen LogP contribution in [0.15, 0.2) is 36.5 Å². The van der Waals surface area contributed by atoms with E-state index in [9.17, 15) is 9.59 Å². The summed E-state index contributed by atoms with van der Waals surface area (Å²) in [6.45, 7) is 6.38. The Balaban J connectivity index is 1.48. The molecular formula is C20H26ClN5O2. The van der Waals surface area contributed by atoms with E-state index in [0.717, 1.165) is 25.9 Å². The number of benzene rings is 1. The SMILES string of the molecule is CC(C)N1CCC(NC(=O)c2ccn(CC(=O)Nc3ccc(Cl)cc3)n2)CC1. The van der Waals surface area contributed by atoms with E-state index >= 15 is 0 Å². The van der Waals surface area contributed by atoms with E-state index in [1.807, 2.05) is 0 Å². The normalized spacial score (nSPS) is 15.6. The number of halogens is 1. The number of nitrogens with one attached hydrogen (secondary N) is 2. The lowest BCUT2D eigenvalue weighted by atomic mass is 10.0. The van der Waals surface area contributed by atoms with Crippen molar-refractivity contribution in [3.63, 3.8) is 0 Å². The molecule has 1 aliphatic rings. The summed E-state index contributed by atoms with van der Waals surface area (Å²) in [6.07, 6.45) is 3.51. The quantitative estimate of drug-likeness (QED) is 0.777. The second-order valence-corrected chi connectivity index (χ2v) is 7.77. The molecular weight excluding hydrogens is 378 g/mol. The number of carbonyl (C=O) groups is 2. The highest BCUT2D eigenvalue weighted by Gasteiger charge is 2.23. The first-order valence-electron chi connectivity index (χ1n) is 9.54. The van der Waals surface area contributed by atoms with Crippen LogP contribution in [-0.4, -0.2) is 51.7 Å². The first kappa shape index (κ1) is 20.4. The van der Waals surface area contributed by atoms with Crippen LogP contribution < -0.4 is 10.6 Å². The second-order valence-electron chi connectivity index (χ2n) is 7.33. The van der Waals surface area contributed by atoms with Crippen molar-refractivity contribution in [2.45, 2.75) is 45.3 Å². The van der Waals surface area contributed by atoms with E-state index in [4.69, 9.17) is 11.6 Å². The van der Waals surface area contributed by atoms with E-state index in [2.05, 4.69) is 34.5 Å². The van der Waals surface area contributed by atoms with E-state index in [-0.39, 0.29) is 24.4 Å². The maximum atomic E-state index is 12.4. The van der Waals surface area contributed by atoms with Gasteiger partial charge < -0.3 is 15.5 Å². The highest BCUT2D eigenvalue weighted by Crippen LogP contribution is 2.14. The van der Waals surface area contributed by atoms with Crippen molar-refractivity contribution >= 4 is 29.1 Å². The highest BCUT2D eigenvalue weighted by atomic mass is 35.5. The molecule has 1 fully saturated rings. The van der Waals surface area contributed by atoms with Crippen LogP contribution in [-0.2, 0) is 11.3 Å². The fraction of sp³-hybridized carbons (Fsp3) is 0.450. The van der Waals surface area contributed by atoms with Gasteiger partial charge in [0.1, 0.15) is 12.2 Å². The molecule has 3 rings (SSSR count). The molecule has 1 aromatic heterocycles. The molecule has 28 heavy (non-hydrogen) atoms. The van der Waals surface area contributed by atoms with Crippen LogP contribution in [0.5, 0.6) is 0 Å². The lowest BCUT2D eigenvalue weighted by Gasteiger charge is -2.34. The third-order valence-electron chi connectivity index (χ3n) is 4.90. The summed E-state index contributed by atoms with van der Waals surface area (Å²) in [6, 6.07) is 9.21. The van der Waals surface area contributed by atoms with Gasteiger partial charge in [-0.25, -0.2) is 0 Å². The number of hydrogen-bond donors (Lipinski definition) is 2. The van der Waals surface area contributed by atoms with Gasteiger partial charge in [-0.05, 0) is 57.0 Å². The zero-order valence-corrected chi connectivity index (χ0v) is 16.9. The van der Waals surface area contributed by atoms with Gasteiger partial charge in [-0.3, -0.25) is 14.3 Å². The minimum absolute atomic E-state index is 0.0304. The van der Waals surface area contributed by atoms with Gasteiger partial charge in [0.2, 0.25) is 5.91 Å². The average Bonchev–Trinajstić information content (AvgIpc) is 3.12. The van der Waals surface area contributed by atoms with Gasteiger partial charge >= 0.3 is 0 Å². The van der Waals surface area contributed by atoms with Crippen molar-refractivity contribution in [1.29, 1.82) is 0 Å². The van der Waals surface area contributed by atoms with Gasteiger partial charge in [-0.15, -0.1) is 0 Å². The highest BCUT2D eigenvalue weighted by molar-refractivity contribution is 6.30. The number of anilines is 1. The Morgan fingerprint density at radius 2 is 1.86 bits per heavy atom. The third kappa shape index (κ3) is 5.56. The van der Waals surface area contributed by atoms with E-state index in [1.54, 1.807) is 36.5 Å². The van der Waals surface area contributed by atoms with Gasteiger partial charge in [0.05, 0.1) is 0 Å². The van der Waals surface area contributed by atoms with Crippen LogP contribution in [0.2, 0.25) is 5.02 Å². The topological polar surface area (TPSA) is 79.3 Å². The number of amides is 2. The van der Waals surface area contributed by atoms with Gasteiger partial charge in [-0.2, -0.15) is 5.10 Å². The van der Waals surface area contributed by atoms with Crippen LogP contribution in [0.1, 0.15) is 37.2 Å². The van der Waals surface area contributed by atoms with E-state index in [1.165, 1.54) is 4.68 Å². The van der Waals surface area contributed by atoms with Crippen LogP contribution in [0, 0.1) is 0 Å². The Morgan fingerprint density at radius 1 is 1.18 bits per heavy atom. The summed E-state index contributed by atoms with van der Waals surface area (Å²) in [4.78, 5) is 27.0. The van der Waals surface area contributed by atoms with Gasteiger partial charge in [0.25, 0.3) is 5.91 Å². The molecule has 2 amide bonds. The molecule has 8 heteroatoms. The molecule has 0 bridgehead atoms. The third-order valence-corrected chi connectivity index (χ3v) is 5.15. The molecule has 150 valence electrons. The fourth-order valence-electron chi connectivity index (χ4n) is 3.27. The number of piperidine rings is 1. The molecule has 1 aliphatic heterocycles. The fourth-order valence-corrected chi connectivity index (χ4v) is 3.40. The zero-order valence-electron chi connectivity index (χ0n) is 16.2. The number of aromatic nitrogens is 2. The molecule has 1 aromatic carbocycles. The number of nitrogens with zero attached hydrogens (tertiary/aromatic N) is 3. The Hall–Kier alpha value is -2.38. The van der Waals surface area contributed by atoms with Crippen LogP contribution in [0.25, 0.3) is 0 Å². The molecule has 0 aliphatic carbocycles. The summed E-state index contributed by atoms with van der Waals surface area (Å²) in [5, 5.41) is 10.7. The summed E-state index contributed by atoms with van der Waals surface area (Å²) in [5.74, 6) is -0.418. The van der Waals surface area contributed by atoms with Crippen molar-refractivity contribution in [3.05, 3.63) is 47.2 Å². The minimum Gasteiger partial charge on any atom is -0.348 e. The molecule has 0 spiro atoms. The standard InChI is InChI=1S/C20H26ClN5O2/c1-14(2)25-10-7-17(8-11-25)23-20(28)18-9-12-26(24-18)13-19(27)22-16-5-3-15(21)4-6-16/h3-6,9,12,14,17H,7-8,10-11,13H2,1-2H3,(H,22,27)(H,23,28). The maximum absolute atomic E-state index is 12.4. The largest absolute Gasteiger partial charge is 0.348 e. The molecule has 0 saturated carbocycles. The lowest BCUT2D eigenvalue weighted by molar-refractivity contribution is -0.116. The van der Waals surface area contributed by atoms with Crippen LogP contribution >= 0.6 is 11.6 Å². The maximum Gasteiger partial charge on any atom is 0.271 e. The molecule has 2 aromatic rings. The van der Waals surface area contributed by atoms with Crippen molar-refractivity contribution < 1.29 is 9.59 Å². The molecule has 7 nitrogen and oxygen atoms in total. The summed E-state index contributed by atoms with van der Waals surface area (Å²) in [7, 11) is 0. The van der Waals surface area contributed by atoms with E-state index in [0.29, 0.717) is 22.4 Å². The lowest BCUT2D eigenvalue weighted by Crippen LogP contribution is -2.46. The predicted molar refractivity (Wildman–Crippen MR) is 110 cm³/mol. The number of likely N-dealkylation sites (tertiary alicyclic amines) is 1. The number of hydrogen-bond acceptors (Lipinski definition) is 4. The van der Waals surface area contributed by atoms with E-state index < -0.39 is 0 Å². The molecule has 1 saturated heterocycles. The molecule has 0 atom stereocenters. The first-order chi connectivity index (χ1) is 13.4. The summed E-state index contributed by atoms with van der Waals surface area (Å²) >= 11 is 5.83. The number of carbonyl (C=O) groups excluding carboxylic acids is 2. The smallest absolute Gasteiger partial charge is 0.271 e. The van der Waals surface area contributed by atoms with Gasteiger partial charge in [0, 0.05) is 42.1 Å². The van der Waals surface area contributed by atoms with Gasteiger partial charge in [0.15, 0.2) is 0 Å². The Kier molecular flexibility index (Phi) is 6.70. The molecule has 0 radical (unpaired) electrons. The van der Waals surface area contributed by atoms with Crippen molar-refractivity contribution in [2.24, 2.45) is 0 Å². The van der Waals surface area contributed by atoms with Crippen molar-refractivity contribution in [2.75, 3.05) is 18.4 Å². The molecule has 2 N–H and O–H groups in total. The average molecular weight is 404 g/mol. The summed E-state index contributed by atoms with van der Waals surface area (Å²) < 4.78 is 1.46. The van der Waals surface area contributed by atoms with Crippen LogP contribution in [0.3, 0.4) is 0 Å². The second kappa shape index (κ2) is 9.21. The molecule has 0 unspecified atom stereocenters. The first-order valence-corrected chi connectivity index (χ1v) is 9.92. The minimum atomic E-state index is -0.224. The number of rotatable bonds is 6. The summed E-state index contributed by atoms with van der Waals surface area (Å²) in [5.41, 5.74) is 0.984. The molecule has 2 heterocycles. The predicted octanol–water partition coefficient (Wildman–Crippen LogP) is 2.78. The zero-order chi connectivity index (χ0) is 20.1. The van der Waals surface area contributed by atoms with Crippen LogP contribution in [0.4, 0.5) is 5.69 Å². The Bertz CT molecular complexity index is 810.